The van der Waals surface area contributed by atoms with E-state index in [2.05, 4.69) is 71.0 Å². The first-order valence-electron chi connectivity index (χ1n) is 12.2. The fourth-order valence-electron chi connectivity index (χ4n) is 4.86. The highest BCUT2D eigenvalue weighted by Gasteiger charge is 2.34. The molecule has 0 radical (unpaired) electrons. The first kappa shape index (κ1) is 21.6. The maximum Gasteiger partial charge on any atom is 0.229 e. The molecule has 1 fully saturated rings. The number of nitrogens with zero attached hydrogens (tertiary/aromatic N) is 5. The lowest BCUT2D eigenvalue weighted by molar-refractivity contribution is -0.133. The summed E-state index contributed by atoms with van der Waals surface area (Å²) >= 11 is 0. The predicted octanol–water partition coefficient (Wildman–Crippen LogP) is 4.76. The molecule has 0 saturated heterocycles. The minimum absolute atomic E-state index is 0.256. The average molecular weight is 468 g/mol. The number of hydrogen-bond acceptors (Lipinski definition) is 6. The Balaban J connectivity index is 1.24. The zero-order valence-electron chi connectivity index (χ0n) is 20.3. The third-order valence-corrected chi connectivity index (χ3v) is 7.02. The molecule has 0 unspecified atom stereocenters. The summed E-state index contributed by atoms with van der Waals surface area (Å²) in [7, 11) is 1.89. The molecular formula is C27H29N7O. The molecule has 2 N–H and O–H groups in total. The quantitative estimate of drug-likeness (QED) is 0.440. The van der Waals surface area contributed by atoms with E-state index in [1.165, 1.54) is 11.1 Å². The Bertz CT molecular complexity index is 1430. The molecule has 1 amide bonds. The van der Waals surface area contributed by atoms with Gasteiger partial charge in [0.15, 0.2) is 11.5 Å². The van der Waals surface area contributed by atoms with Gasteiger partial charge in [-0.05, 0) is 67.5 Å². The summed E-state index contributed by atoms with van der Waals surface area (Å²) in [4.78, 5) is 23.8. The molecule has 2 aromatic heterocycles. The number of rotatable bonds is 5. The summed E-state index contributed by atoms with van der Waals surface area (Å²) in [6.45, 7) is 5.65. The largest absolute Gasteiger partial charge is 0.338 e. The van der Waals surface area contributed by atoms with Gasteiger partial charge in [-0.25, -0.2) is 9.67 Å². The lowest BCUT2D eigenvalue weighted by Crippen LogP contribution is -2.36. The number of carbonyl (C=O) groups excluding carboxylic acids is 1. The first-order chi connectivity index (χ1) is 17.0. The van der Waals surface area contributed by atoms with Crippen molar-refractivity contribution in [3.63, 3.8) is 0 Å². The lowest BCUT2D eigenvalue weighted by atomic mass is 9.98. The highest BCUT2D eigenvalue weighted by atomic mass is 16.2. The van der Waals surface area contributed by atoms with Gasteiger partial charge in [-0.2, -0.15) is 10.1 Å². The van der Waals surface area contributed by atoms with E-state index in [1.807, 2.05) is 18.1 Å². The molecule has 1 aliphatic heterocycles. The third kappa shape index (κ3) is 4.09. The average Bonchev–Trinajstić information content (AvgIpc) is 3.66. The standard InChI is InChI=1S/C27H29N7O/c1-16-5-4-6-17(2)23(16)30-24-22-14-28-27(31-25(22)33(3)32-24)29-21-10-9-18-11-12-34(15-20(18)13-21)26(35)19-7-8-19/h4-6,9-10,13-14,19H,7-8,11-12,15H2,1-3H3,(H,30,32)(H,28,29,31). The van der Waals surface area contributed by atoms with E-state index in [0.717, 1.165) is 65.2 Å². The van der Waals surface area contributed by atoms with Crippen molar-refractivity contribution in [2.24, 2.45) is 13.0 Å². The van der Waals surface area contributed by atoms with Crippen LogP contribution in [0.2, 0.25) is 0 Å². The predicted molar refractivity (Wildman–Crippen MR) is 137 cm³/mol. The van der Waals surface area contributed by atoms with Gasteiger partial charge in [0.2, 0.25) is 11.9 Å². The summed E-state index contributed by atoms with van der Waals surface area (Å²) in [5.41, 5.74) is 7.53. The van der Waals surface area contributed by atoms with Crippen LogP contribution in [0.3, 0.4) is 0 Å². The van der Waals surface area contributed by atoms with Gasteiger partial charge < -0.3 is 15.5 Å². The van der Waals surface area contributed by atoms with Gasteiger partial charge in [0.05, 0.1) is 5.39 Å². The van der Waals surface area contributed by atoms with E-state index in [9.17, 15) is 4.79 Å². The Morgan fingerprint density at radius 2 is 1.86 bits per heavy atom. The van der Waals surface area contributed by atoms with Crippen molar-refractivity contribution in [1.82, 2.24) is 24.6 Å². The van der Waals surface area contributed by atoms with Crippen LogP contribution in [0.5, 0.6) is 0 Å². The van der Waals surface area contributed by atoms with Crippen LogP contribution in [-0.4, -0.2) is 37.1 Å². The lowest BCUT2D eigenvalue weighted by Gasteiger charge is -2.29. The van der Waals surface area contributed by atoms with E-state index >= 15 is 0 Å². The molecule has 6 rings (SSSR count). The van der Waals surface area contributed by atoms with Gasteiger partial charge in [0, 0.05) is 43.6 Å². The van der Waals surface area contributed by atoms with Crippen LogP contribution in [-0.2, 0) is 24.8 Å². The molecule has 178 valence electrons. The molecule has 0 spiro atoms. The maximum atomic E-state index is 12.5. The number of anilines is 4. The second kappa shape index (κ2) is 8.37. The molecule has 2 aromatic carbocycles. The Labute approximate surface area is 204 Å². The zero-order valence-corrected chi connectivity index (χ0v) is 20.3. The van der Waals surface area contributed by atoms with Crippen LogP contribution in [0.4, 0.5) is 23.1 Å². The number of nitrogens with one attached hydrogen (secondary N) is 2. The number of benzene rings is 2. The van der Waals surface area contributed by atoms with E-state index < -0.39 is 0 Å². The van der Waals surface area contributed by atoms with Crippen LogP contribution in [0, 0.1) is 19.8 Å². The molecule has 1 aliphatic carbocycles. The van der Waals surface area contributed by atoms with Crippen molar-refractivity contribution in [3.05, 3.63) is 64.8 Å². The topological polar surface area (TPSA) is 88.0 Å². The highest BCUT2D eigenvalue weighted by Crippen LogP contribution is 2.34. The second-order valence-corrected chi connectivity index (χ2v) is 9.69. The van der Waals surface area contributed by atoms with E-state index in [0.29, 0.717) is 18.4 Å². The van der Waals surface area contributed by atoms with Gasteiger partial charge in [-0.1, -0.05) is 24.3 Å². The first-order valence-corrected chi connectivity index (χ1v) is 12.2. The van der Waals surface area contributed by atoms with E-state index in [4.69, 9.17) is 4.98 Å². The van der Waals surface area contributed by atoms with Crippen LogP contribution >= 0.6 is 0 Å². The van der Waals surface area contributed by atoms with Gasteiger partial charge in [0.1, 0.15) is 0 Å². The normalized spacial score (nSPS) is 15.2. The van der Waals surface area contributed by atoms with Gasteiger partial charge >= 0.3 is 0 Å². The Hall–Kier alpha value is -3.94. The van der Waals surface area contributed by atoms with Crippen LogP contribution in [0.25, 0.3) is 11.0 Å². The van der Waals surface area contributed by atoms with Crippen molar-refractivity contribution < 1.29 is 4.79 Å². The molecule has 4 aromatic rings. The molecule has 8 nitrogen and oxygen atoms in total. The second-order valence-electron chi connectivity index (χ2n) is 9.69. The van der Waals surface area contributed by atoms with Crippen LogP contribution in [0.15, 0.2) is 42.6 Å². The molecule has 0 atom stereocenters. The zero-order chi connectivity index (χ0) is 24.1. The summed E-state index contributed by atoms with van der Waals surface area (Å²) in [5.74, 6) is 1.82. The fraction of sp³-hybridized carbons (Fsp3) is 0.333. The number of aromatic nitrogens is 4. The Morgan fingerprint density at radius 1 is 1.06 bits per heavy atom. The third-order valence-electron chi connectivity index (χ3n) is 7.02. The summed E-state index contributed by atoms with van der Waals surface area (Å²) in [6, 6.07) is 12.5. The molecule has 8 heteroatoms. The minimum Gasteiger partial charge on any atom is -0.338 e. The van der Waals surface area contributed by atoms with Crippen molar-refractivity contribution in [1.29, 1.82) is 0 Å². The number of fused-ring (bicyclic) bond motifs is 2. The molecule has 0 bridgehead atoms. The SMILES string of the molecule is Cc1cccc(C)c1Nc1nn(C)c2nc(Nc3ccc4c(c3)CN(C(=O)C3CC3)CC4)ncc12. The number of hydrogen-bond donors (Lipinski definition) is 2. The monoisotopic (exact) mass is 467 g/mol. The summed E-state index contributed by atoms with van der Waals surface area (Å²) in [6.07, 6.45) is 4.79. The van der Waals surface area contributed by atoms with Crippen LogP contribution in [0.1, 0.15) is 35.1 Å². The van der Waals surface area contributed by atoms with E-state index in [-0.39, 0.29) is 5.92 Å². The molecule has 2 aliphatic rings. The van der Waals surface area contributed by atoms with Gasteiger partial charge in [-0.15, -0.1) is 0 Å². The molecule has 3 heterocycles. The van der Waals surface area contributed by atoms with Gasteiger partial charge in [0.25, 0.3) is 0 Å². The Morgan fingerprint density at radius 3 is 2.63 bits per heavy atom. The summed E-state index contributed by atoms with van der Waals surface area (Å²) in [5, 5.41) is 12.3. The smallest absolute Gasteiger partial charge is 0.229 e. The van der Waals surface area contributed by atoms with Crippen molar-refractivity contribution in [3.8, 4) is 0 Å². The number of amides is 1. The van der Waals surface area contributed by atoms with E-state index in [1.54, 1.807) is 4.68 Å². The molecule has 1 saturated carbocycles. The minimum atomic E-state index is 0.256. The van der Waals surface area contributed by atoms with Crippen molar-refractivity contribution in [2.75, 3.05) is 17.2 Å². The number of para-hydroxylation sites is 1. The van der Waals surface area contributed by atoms with Crippen LogP contribution < -0.4 is 10.6 Å². The molecular weight excluding hydrogens is 438 g/mol. The Kier molecular flexibility index (Phi) is 5.16. The van der Waals surface area contributed by atoms with Crippen molar-refractivity contribution >= 4 is 40.1 Å². The highest BCUT2D eigenvalue weighted by molar-refractivity contribution is 5.90. The van der Waals surface area contributed by atoms with Gasteiger partial charge in [-0.3, -0.25) is 4.79 Å². The van der Waals surface area contributed by atoms with Crippen molar-refractivity contribution in [2.45, 2.75) is 39.7 Å². The summed E-state index contributed by atoms with van der Waals surface area (Å²) < 4.78 is 1.77. The number of carbonyl (C=O) groups is 1. The molecule has 35 heavy (non-hydrogen) atoms. The maximum absolute atomic E-state index is 12.5. The fourth-order valence-corrected chi connectivity index (χ4v) is 4.86. The number of aryl methyl sites for hydroxylation is 3.